The fourth-order valence-electron chi connectivity index (χ4n) is 3.46. The number of rotatable bonds is 10. The van der Waals surface area contributed by atoms with Crippen LogP contribution in [0.1, 0.15) is 42.9 Å². The van der Waals surface area contributed by atoms with Crippen LogP contribution in [0.3, 0.4) is 0 Å². The lowest BCUT2D eigenvalue weighted by molar-refractivity contribution is -0.151. The molecule has 2 atom stereocenters. The van der Waals surface area contributed by atoms with Gasteiger partial charge in [0.2, 0.25) is 0 Å². The number of methoxy groups -OCH3 is 2. The molecular formula is C26H30N2O7. The second-order valence-corrected chi connectivity index (χ2v) is 8.38. The number of nitrogens with one attached hydrogen (secondary N) is 2. The van der Waals surface area contributed by atoms with Crippen molar-refractivity contribution in [2.24, 2.45) is 5.92 Å². The zero-order valence-electron chi connectivity index (χ0n) is 20.4. The molecule has 1 aromatic heterocycles. The molecule has 0 unspecified atom stereocenters. The number of fused-ring (bicyclic) bond motifs is 1. The van der Waals surface area contributed by atoms with Gasteiger partial charge in [0.05, 0.1) is 20.3 Å². The first-order chi connectivity index (χ1) is 16.7. The Kier molecular flexibility index (Phi) is 8.35. The summed E-state index contributed by atoms with van der Waals surface area (Å²) in [7, 11) is 2.95. The molecule has 3 rings (SSSR count). The number of benzene rings is 2. The van der Waals surface area contributed by atoms with Crippen molar-refractivity contribution < 1.29 is 33.0 Å². The van der Waals surface area contributed by atoms with E-state index in [4.69, 9.17) is 18.6 Å². The SMILES string of the molecule is COc1cc(OC)cc(C(=O)N[C@@H](C(=O)OCC(=O)N[C@H](C)c2cc3ccccc3o2)C(C)C)c1. The van der Waals surface area contributed by atoms with E-state index in [-0.39, 0.29) is 11.5 Å². The number of carbonyl (C=O) groups excluding carboxylic acids is 3. The third kappa shape index (κ3) is 6.53. The molecule has 9 nitrogen and oxygen atoms in total. The van der Waals surface area contributed by atoms with Crippen molar-refractivity contribution in [1.82, 2.24) is 10.6 Å². The van der Waals surface area contributed by atoms with Crippen molar-refractivity contribution in [2.45, 2.75) is 32.9 Å². The summed E-state index contributed by atoms with van der Waals surface area (Å²) in [6.07, 6.45) is 0. The lowest BCUT2D eigenvalue weighted by Crippen LogP contribution is -2.46. The van der Waals surface area contributed by atoms with E-state index in [1.165, 1.54) is 26.4 Å². The topological polar surface area (TPSA) is 116 Å². The molecule has 0 fully saturated rings. The largest absolute Gasteiger partial charge is 0.497 e. The van der Waals surface area contributed by atoms with Crippen LogP contribution in [0, 0.1) is 5.92 Å². The summed E-state index contributed by atoms with van der Waals surface area (Å²) in [4.78, 5) is 37.9. The van der Waals surface area contributed by atoms with E-state index in [2.05, 4.69) is 10.6 Å². The molecule has 186 valence electrons. The third-order valence-electron chi connectivity index (χ3n) is 5.42. The maximum absolute atomic E-state index is 12.8. The number of para-hydroxylation sites is 1. The summed E-state index contributed by atoms with van der Waals surface area (Å²) < 4.78 is 21.3. The molecule has 0 spiro atoms. The predicted octanol–water partition coefficient (Wildman–Crippen LogP) is 3.63. The van der Waals surface area contributed by atoms with Gasteiger partial charge in [-0.2, -0.15) is 0 Å². The maximum Gasteiger partial charge on any atom is 0.329 e. The first-order valence-corrected chi connectivity index (χ1v) is 11.2. The molecule has 0 aliphatic heterocycles. The van der Waals surface area contributed by atoms with Gasteiger partial charge in [-0.25, -0.2) is 4.79 Å². The summed E-state index contributed by atoms with van der Waals surface area (Å²) >= 11 is 0. The van der Waals surface area contributed by atoms with Gasteiger partial charge in [0, 0.05) is 17.0 Å². The Labute approximate surface area is 203 Å². The number of carbonyl (C=O) groups is 3. The Morgan fingerprint density at radius 3 is 2.17 bits per heavy atom. The first kappa shape index (κ1) is 25.6. The Balaban J connectivity index is 1.58. The fraction of sp³-hybridized carbons (Fsp3) is 0.346. The van der Waals surface area contributed by atoms with Gasteiger partial charge in [0.15, 0.2) is 6.61 Å². The van der Waals surface area contributed by atoms with Crippen LogP contribution in [0.5, 0.6) is 11.5 Å². The van der Waals surface area contributed by atoms with Gasteiger partial charge >= 0.3 is 5.97 Å². The monoisotopic (exact) mass is 482 g/mol. The lowest BCUT2D eigenvalue weighted by Gasteiger charge is -2.21. The van der Waals surface area contributed by atoms with Crippen LogP contribution < -0.4 is 20.1 Å². The van der Waals surface area contributed by atoms with Crippen molar-refractivity contribution in [3.05, 3.63) is 59.9 Å². The summed E-state index contributed by atoms with van der Waals surface area (Å²) in [5.74, 6) is -0.515. The molecular weight excluding hydrogens is 452 g/mol. The van der Waals surface area contributed by atoms with Gasteiger partial charge < -0.3 is 29.3 Å². The molecule has 35 heavy (non-hydrogen) atoms. The lowest BCUT2D eigenvalue weighted by atomic mass is 10.0. The molecule has 9 heteroatoms. The number of esters is 1. The number of hydrogen-bond donors (Lipinski definition) is 2. The number of hydrogen-bond acceptors (Lipinski definition) is 7. The van der Waals surface area contributed by atoms with Crippen LogP contribution in [-0.2, 0) is 14.3 Å². The van der Waals surface area contributed by atoms with Gasteiger partial charge in [-0.05, 0) is 37.1 Å². The standard InChI is InChI=1S/C26H30N2O7/c1-15(2)24(28-25(30)18-10-19(32-4)13-20(11-18)33-5)26(31)34-14-23(29)27-16(3)22-12-17-8-6-7-9-21(17)35-22/h6-13,15-16,24H,14H2,1-5H3,(H,27,29)(H,28,30)/t16-,24-/m1/s1. The highest BCUT2D eigenvalue weighted by Gasteiger charge is 2.27. The number of furan rings is 1. The van der Waals surface area contributed by atoms with E-state index < -0.39 is 36.5 Å². The van der Waals surface area contributed by atoms with Crippen LogP contribution in [0.25, 0.3) is 11.0 Å². The van der Waals surface area contributed by atoms with Crippen molar-refractivity contribution >= 4 is 28.8 Å². The Hall–Kier alpha value is -4.01. The van der Waals surface area contributed by atoms with Gasteiger partial charge in [-0.3, -0.25) is 9.59 Å². The normalized spacial score (nSPS) is 12.6. The summed E-state index contributed by atoms with van der Waals surface area (Å²) in [6.45, 7) is 4.82. The number of amides is 2. The quantitative estimate of drug-likeness (QED) is 0.424. The minimum Gasteiger partial charge on any atom is -0.497 e. The van der Waals surface area contributed by atoms with E-state index in [1.807, 2.05) is 30.3 Å². The van der Waals surface area contributed by atoms with Crippen LogP contribution in [-0.4, -0.2) is 44.7 Å². The van der Waals surface area contributed by atoms with E-state index in [0.717, 1.165) is 11.0 Å². The maximum atomic E-state index is 12.8. The Morgan fingerprint density at radius 1 is 0.914 bits per heavy atom. The minimum absolute atomic E-state index is 0.261. The van der Waals surface area contributed by atoms with Crippen LogP contribution in [0.2, 0.25) is 0 Å². The van der Waals surface area contributed by atoms with Gasteiger partial charge in [-0.1, -0.05) is 32.0 Å². The van der Waals surface area contributed by atoms with E-state index in [1.54, 1.807) is 26.8 Å². The summed E-state index contributed by atoms with van der Waals surface area (Å²) in [5, 5.41) is 6.35. The van der Waals surface area contributed by atoms with E-state index >= 15 is 0 Å². The van der Waals surface area contributed by atoms with Crippen LogP contribution in [0.4, 0.5) is 0 Å². The molecule has 0 saturated carbocycles. The molecule has 0 aliphatic rings. The summed E-state index contributed by atoms with van der Waals surface area (Å²) in [5.41, 5.74) is 0.983. The molecule has 3 aromatic rings. The average Bonchev–Trinajstić information content (AvgIpc) is 3.29. The molecule has 0 aliphatic carbocycles. The van der Waals surface area contributed by atoms with Crippen LogP contribution >= 0.6 is 0 Å². The van der Waals surface area contributed by atoms with Crippen molar-refractivity contribution in [2.75, 3.05) is 20.8 Å². The van der Waals surface area contributed by atoms with E-state index in [9.17, 15) is 14.4 Å². The van der Waals surface area contributed by atoms with Gasteiger partial charge in [-0.15, -0.1) is 0 Å². The van der Waals surface area contributed by atoms with Crippen LogP contribution in [0.15, 0.2) is 52.9 Å². The zero-order chi connectivity index (χ0) is 25.5. The highest BCUT2D eigenvalue weighted by atomic mass is 16.5. The van der Waals surface area contributed by atoms with Crippen molar-refractivity contribution in [3.63, 3.8) is 0 Å². The molecule has 0 bridgehead atoms. The predicted molar refractivity (Wildman–Crippen MR) is 129 cm³/mol. The summed E-state index contributed by atoms with van der Waals surface area (Å²) in [6, 6.07) is 12.7. The average molecular weight is 483 g/mol. The molecule has 2 N–H and O–H groups in total. The minimum atomic E-state index is -0.958. The molecule has 2 aromatic carbocycles. The third-order valence-corrected chi connectivity index (χ3v) is 5.42. The molecule has 0 saturated heterocycles. The fourth-order valence-corrected chi connectivity index (χ4v) is 3.46. The molecule has 0 radical (unpaired) electrons. The van der Waals surface area contributed by atoms with Gasteiger partial charge in [0.25, 0.3) is 11.8 Å². The van der Waals surface area contributed by atoms with Crippen molar-refractivity contribution in [1.29, 1.82) is 0 Å². The highest BCUT2D eigenvalue weighted by molar-refractivity contribution is 5.97. The van der Waals surface area contributed by atoms with Crippen molar-refractivity contribution in [3.8, 4) is 11.5 Å². The second-order valence-electron chi connectivity index (χ2n) is 8.38. The molecule has 1 heterocycles. The number of ether oxygens (including phenoxy) is 3. The highest BCUT2D eigenvalue weighted by Crippen LogP contribution is 2.24. The molecule has 2 amide bonds. The Bertz CT molecular complexity index is 1150. The first-order valence-electron chi connectivity index (χ1n) is 11.2. The van der Waals surface area contributed by atoms with E-state index in [0.29, 0.717) is 17.3 Å². The smallest absolute Gasteiger partial charge is 0.329 e. The zero-order valence-corrected chi connectivity index (χ0v) is 20.4. The second kappa shape index (κ2) is 11.4. The Morgan fingerprint density at radius 2 is 1.57 bits per heavy atom. The van der Waals surface area contributed by atoms with Gasteiger partial charge in [0.1, 0.15) is 28.9 Å².